The van der Waals surface area contributed by atoms with Crippen LogP contribution in [0.25, 0.3) is 0 Å². The summed E-state index contributed by atoms with van der Waals surface area (Å²) in [4.78, 5) is 42.5. The monoisotopic (exact) mass is 1390 g/mol. The Morgan fingerprint density at radius 2 is 0.960 bits per heavy atom. The van der Waals surface area contributed by atoms with E-state index in [0.717, 1.165) is 121 Å². The van der Waals surface area contributed by atoms with Crippen LogP contribution in [-0.4, -0.2) is 167 Å². The van der Waals surface area contributed by atoms with E-state index in [1.165, 1.54) is 110 Å². The number of amides is 3. The molecule has 7 aromatic rings. The average Bonchev–Trinajstić information content (AvgIpc) is 0.859. The molecule has 99 heavy (non-hydrogen) atoms. The van der Waals surface area contributed by atoms with Crippen LogP contribution < -0.4 is 31.1 Å². The fourth-order valence-electron chi connectivity index (χ4n) is 14.9. The minimum atomic E-state index is -4.31. The van der Waals surface area contributed by atoms with Crippen molar-refractivity contribution in [3.8, 4) is 0 Å². The van der Waals surface area contributed by atoms with E-state index in [4.69, 9.17) is 23.2 Å². The molecule has 18 heteroatoms. The van der Waals surface area contributed by atoms with E-state index in [9.17, 15) is 22.8 Å². The standard InChI is InChI=1S/C29H41F3N4.C26H33Cl2N3O.C26H30N4O/c1-34(2)26-14-8-23(9-15-26)16-17-33-22-28(24-10-12-25(13-11-24)29(30,31)32)36-20-18-35(19-21-36)27-6-4-3-5-7-27;27-22-15-20(16-23(28)18-22)17-26(32)29-19-25(21-7-3-1-4-8-21)31-13-11-30(12-14-31)24-9-5-2-6-10-24;1-21-12-14-23(15-13-21)28-26(31)27-20-25(22-8-4-2-5-9-22)30-18-16-29(17-19-30)24-10-6-3-7-11-24/h8-15,27-28,33H,3-7,16-22H2,1-2H3;1,3-4,7-8,15-16,18,24-25H,2,5-6,9-14,17,19H2,(H,29,32);2-15,25H,16-20H2,1H3,(H2,27,28,31). The Morgan fingerprint density at radius 1 is 0.505 bits per heavy atom. The molecular formula is C81H104Cl2F3N11O2. The van der Waals surface area contributed by atoms with E-state index in [-0.39, 0.29) is 36.5 Å². The summed E-state index contributed by atoms with van der Waals surface area (Å²) in [6, 6.07) is 60.7. The van der Waals surface area contributed by atoms with Crippen molar-refractivity contribution in [2.45, 2.75) is 120 Å². The van der Waals surface area contributed by atoms with Gasteiger partial charge in [-0.2, -0.15) is 13.2 Å². The van der Waals surface area contributed by atoms with Crippen molar-refractivity contribution in [1.82, 2.24) is 40.4 Å². The first-order valence-electron chi connectivity index (χ1n) is 36.2. The van der Waals surface area contributed by atoms with Crippen LogP contribution >= 0.6 is 23.2 Å². The molecule has 5 fully saturated rings. The van der Waals surface area contributed by atoms with E-state index in [1.807, 2.05) is 57.4 Å². The van der Waals surface area contributed by atoms with Gasteiger partial charge in [-0.15, -0.1) is 0 Å². The lowest BCUT2D eigenvalue weighted by atomic mass is 9.93. The molecule has 3 aliphatic heterocycles. The predicted molar refractivity (Wildman–Crippen MR) is 402 cm³/mol. The number of carbonyl (C=O) groups excluding carboxylic acids is 2. The Bertz CT molecular complexity index is 3470. The number of anilines is 3. The van der Waals surface area contributed by atoms with Gasteiger partial charge in [0.2, 0.25) is 5.91 Å². The number of carbonyl (C=O) groups is 2. The third kappa shape index (κ3) is 23.3. The molecule has 3 atom stereocenters. The van der Waals surface area contributed by atoms with Gasteiger partial charge in [-0.25, -0.2) is 4.79 Å². The second kappa shape index (κ2) is 38.2. The zero-order valence-electron chi connectivity index (χ0n) is 58.3. The number of hydrogen-bond acceptors (Lipinski definition) is 10. The third-order valence-electron chi connectivity index (χ3n) is 20.6. The Hall–Kier alpha value is -6.99. The number of nitrogens with zero attached hydrogens (tertiary/aromatic N) is 7. The molecule has 4 N–H and O–H groups in total. The van der Waals surface area contributed by atoms with Crippen molar-refractivity contribution in [2.75, 3.05) is 134 Å². The summed E-state index contributed by atoms with van der Waals surface area (Å²) < 4.78 is 39.4. The van der Waals surface area contributed by atoms with Gasteiger partial charge in [0.15, 0.2) is 0 Å². The Morgan fingerprint density at radius 3 is 1.44 bits per heavy atom. The lowest BCUT2D eigenvalue weighted by molar-refractivity contribution is -0.137. The van der Waals surface area contributed by atoms with Gasteiger partial charge in [0.1, 0.15) is 0 Å². The Balaban J connectivity index is 0.000000161. The summed E-state index contributed by atoms with van der Waals surface area (Å²) in [5.74, 6) is -0.00916. The summed E-state index contributed by atoms with van der Waals surface area (Å²) in [5, 5.41) is 13.9. The summed E-state index contributed by atoms with van der Waals surface area (Å²) in [7, 11) is 4.07. The molecule has 5 aliphatic rings. The van der Waals surface area contributed by atoms with E-state index < -0.39 is 11.7 Å². The average molecular weight is 1390 g/mol. The molecule has 13 nitrogen and oxygen atoms in total. The first-order chi connectivity index (χ1) is 48.1. The maximum absolute atomic E-state index is 13.1. The molecule has 0 spiro atoms. The van der Waals surface area contributed by atoms with Crippen LogP contribution in [-0.2, 0) is 23.8 Å². The molecule has 3 heterocycles. The normalized spacial score (nSPS) is 18.2. The summed E-state index contributed by atoms with van der Waals surface area (Å²) in [5.41, 5.74) is 9.39. The highest BCUT2D eigenvalue weighted by Gasteiger charge is 2.34. The largest absolute Gasteiger partial charge is 0.416 e. The zero-order chi connectivity index (χ0) is 69.4. The highest BCUT2D eigenvalue weighted by Crippen LogP contribution is 2.33. The van der Waals surface area contributed by atoms with Crippen LogP contribution in [0.5, 0.6) is 0 Å². The maximum atomic E-state index is 13.1. The van der Waals surface area contributed by atoms with Crippen LogP contribution in [0, 0.1) is 6.92 Å². The molecule has 7 aromatic carbocycles. The van der Waals surface area contributed by atoms with Gasteiger partial charge in [0, 0.05) is 157 Å². The molecule has 3 unspecified atom stereocenters. The van der Waals surface area contributed by atoms with Crippen LogP contribution in [0.2, 0.25) is 10.0 Å². The fraction of sp³-hybridized carbons (Fsp3) is 0.457. The SMILES string of the molecule is CN(C)c1ccc(CCNCC(c2ccc(C(F)(F)F)cc2)N2CCN(C3CCCCC3)CC2)cc1.Cc1ccc(NC(=O)NCC(c2ccccc2)N2CCN(c3ccccc3)CC2)cc1.O=C(Cc1cc(Cl)cc(Cl)c1)NCC(c1ccccc1)N1CCN(C2CCCCC2)CC1. The summed E-state index contributed by atoms with van der Waals surface area (Å²) in [6.45, 7) is 16.9. The number of alkyl halides is 3. The molecule has 0 bridgehead atoms. The van der Waals surface area contributed by atoms with E-state index in [1.54, 1.807) is 30.3 Å². The molecular weight excluding hydrogens is 1290 g/mol. The quantitative estimate of drug-likeness (QED) is 0.0491. The van der Waals surface area contributed by atoms with Gasteiger partial charge in [-0.1, -0.05) is 183 Å². The van der Waals surface area contributed by atoms with Crippen molar-refractivity contribution in [2.24, 2.45) is 0 Å². The molecule has 530 valence electrons. The minimum absolute atomic E-state index is 0.00916. The van der Waals surface area contributed by atoms with Crippen molar-refractivity contribution >= 4 is 52.2 Å². The number of halogens is 5. The predicted octanol–water partition coefficient (Wildman–Crippen LogP) is 15.6. The van der Waals surface area contributed by atoms with Gasteiger partial charge in [0.25, 0.3) is 0 Å². The zero-order valence-corrected chi connectivity index (χ0v) is 59.9. The van der Waals surface area contributed by atoms with Crippen LogP contribution in [0.4, 0.5) is 35.0 Å². The molecule has 0 aromatic heterocycles. The molecule has 2 aliphatic carbocycles. The molecule has 12 rings (SSSR count). The van der Waals surface area contributed by atoms with Crippen molar-refractivity contribution in [3.63, 3.8) is 0 Å². The number of benzene rings is 7. The van der Waals surface area contributed by atoms with Crippen molar-refractivity contribution in [3.05, 3.63) is 231 Å². The number of piperazine rings is 3. The summed E-state index contributed by atoms with van der Waals surface area (Å²) >= 11 is 12.2. The lowest BCUT2D eigenvalue weighted by Gasteiger charge is -2.43. The fourth-order valence-corrected chi connectivity index (χ4v) is 15.4. The topological polar surface area (TPSA) is 105 Å². The van der Waals surface area contributed by atoms with E-state index >= 15 is 0 Å². The maximum Gasteiger partial charge on any atom is 0.416 e. The molecule has 0 radical (unpaired) electrons. The molecule has 3 saturated heterocycles. The van der Waals surface area contributed by atoms with Crippen LogP contribution in [0.15, 0.2) is 182 Å². The van der Waals surface area contributed by atoms with Gasteiger partial charge in [-0.3, -0.25) is 29.3 Å². The first kappa shape index (κ1) is 74.7. The summed E-state index contributed by atoms with van der Waals surface area (Å²) in [6.07, 6.45) is 10.4. The highest BCUT2D eigenvalue weighted by molar-refractivity contribution is 6.34. The number of rotatable bonds is 22. The number of urea groups is 1. The molecule has 3 amide bonds. The highest BCUT2D eigenvalue weighted by atomic mass is 35.5. The number of aryl methyl sites for hydroxylation is 1. The van der Waals surface area contributed by atoms with Crippen molar-refractivity contribution < 1.29 is 22.8 Å². The van der Waals surface area contributed by atoms with Gasteiger partial charge >= 0.3 is 12.2 Å². The van der Waals surface area contributed by atoms with Gasteiger partial charge < -0.3 is 31.1 Å². The molecule has 2 saturated carbocycles. The number of para-hydroxylation sites is 1. The Kier molecular flexibility index (Phi) is 28.8. The minimum Gasteiger partial charge on any atom is -0.378 e. The smallest absolute Gasteiger partial charge is 0.378 e. The van der Waals surface area contributed by atoms with E-state index in [2.05, 4.69) is 159 Å². The first-order valence-corrected chi connectivity index (χ1v) is 36.9. The Labute approximate surface area is 597 Å². The van der Waals surface area contributed by atoms with E-state index in [0.29, 0.717) is 29.2 Å². The van der Waals surface area contributed by atoms with Crippen LogP contribution in [0.3, 0.4) is 0 Å². The van der Waals surface area contributed by atoms with Gasteiger partial charge in [-0.05, 0) is 140 Å². The second-order valence-electron chi connectivity index (χ2n) is 27.5. The second-order valence-corrected chi connectivity index (χ2v) is 28.4. The van der Waals surface area contributed by atoms with Crippen LogP contribution in [0.1, 0.15) is 121 Å². The lowest BCUT2D eigenvalue weighted by Crippen LogP contribution is -2.53. The van der Waals surface area contributed by atoms with Gasteiger partial charge in [0.05, 0.1) is 24.1 Å². The number of hydrogen-bond donors (Lipinski definition) is 4. The number of nitrogens with one attached hydrogen (secondary N) is 4. The van der Waals surface area contributed by atoms with Crippen molar-refractivity contribution in [1.29, 1.82) is 0 Å². The third-order valence-corrected chi connectivity index (χ3v) is 21.0.